The predicted molar refractivity (Wildman–Crippen MR) is 84.0 cm³/mol. The summed E-state index contributed by atoms with van der Waals surface area (Å²) in [6.07, 6.45) is 0. The molecule has 0 unspecified atom stereocenters. The first-order chi connectivity index (χ1) is 9.06. The topological polar surface area (TPSA) is 52.0 Å². The fraction of sp³-hybridized carbons (Fsp3) is 0.0714. The lowest BCUT2D eigenvalue weighted by molar-refractivity contribution is 0.618. The summed E-state index contributed by atoms with van der Waals surface area (Å²) >= 11 is 6.85. The lowest BCUT2D eigenvalue weighted by Crippen LogP contribution is -1.88. The molecular formula is C14H10Br2N2O. The van der Waals surface area contributed by atoms with Crippen molar-refractivity contribution in [2.24, 2.45) is 0 Å². The molecule has 0 aliphatic rings. The Morgan fingerprint density at radius 2 is 2.00 bits per heavy atom. The van der Waals surface area contributed by atoms with Crippen molar-refractivity contribution in [3.63, 3.8) is 0 Å². The number of aryl methyl sites for hydroxylation is 1. The molecule has 0 bridgehead atoms. The van der Waals surface area contributed by atoms with Crippen molar-refractivity contribution in [1.29, 1.82) is 0 Å². The number of oxazole rings is 1. The average molecular weight is 382 g/mol. The van der Waals surface area contributed by atoms with Crippen LogP contribution in [0.15, 0.2) is 43.7 Å². The van der Waals surface area contributed by atoms with Crippen molar-refractivity contribution in [3.8, 4) is 11.5 Å². The second-order valence-electron chi connectivity index (χ2n) is 4.32. The molecule has 2 N–H and O–H groups in total. The number of aromatic nitrogens is 1. The van der Waals surface area contributed by atoms with Crippen LogP contribution >= 0.6 is 31.9 Å². The number of nitrogens with zero attached hydrogens (tertiary/aromatic N) is 1. The number of halogens is 2. The number of anilines is 1. The van der Waals surface area contributed by atoms with Gasteiger partial charge < -0.3 is 10.2 Å². The lowest BCUT2D eigenvalue weighted by atomic mass is 10.1. The highest BCUT2D eigenvalue weighted by Crippen LogP contribution is 2.37. The summed E-state index contributed by atoms with van der Waals surface area (Å²) in [5.74, 6) is 0.594. The Kier molecular flexibility index (Phi) is 3.11. The minimum absolute atomic E-state index is 0.594. The van der Waals surface area contributed by atoms with Gasteiger partial charge in [0, 0.05) is 10.0 Å². The summed E-state index contributed by atoms with van der Waals surface area (Å²) in [6, 6.07) is 9.90. The summed E-state index contributed by atoms with van der Waals surface area (Å²) in [4.78, 5) is 4.50. The first kappa shape index (κ1) is 12.7. The third-order valence-electron chi connectivity index (χ3n) is 2.87. The highest BCUT2D eigenvalue weighted by Gasteiger charge is 2.15. The monoisotopic (exact) mass is 380 g/mol. The molecule has 0 aliphatic heterocycles. The van der Waals surface area contributed by atoms with Crippen molar-refractivity contribution in [1.82, 2.24) is 4.98 Å². The van der Waals surface area contributed by atoms with Crippen LogP contribution in [-0.4, -0.2) is 4.98 Å². The Balaban J connectivity index is 2.25. The van der Waals surface area contributed by atoms with E-state index in [0.717, 1.165) is 20.0 Å². The normalized spacial score (nSPS) is 11.1. The van der Waals surface area contributed by atoms with Gasteiger partial charge in [0.05, 0.1) is 10.2 Å². The van der Waals surface area contributed by atoms with E-state index in [9.17, 15) is 0 Å². The Labute approximate surface area is 127 Å². The maximum Gasteiger partial charge on any atom is 0.227 e. The summed E-state index contributed by atoms with van der Waals surface area (Å²) in [5.41, 5.74) is 10.1. The molecule has 3 nitrogen and oxygen atoms in total. The van der Waals surface area contributed by atoms with Gasteiger partial charge in [0.2, 0.25) is 5.89 Å². The number of hydrogen-bond donors (Lipinski definition) is 1. The fourth-order valence-electron chi connectivity index (χ4n) is 1.91. The van der Waals surface area contributed by atoms with Gasteiger partial charge in [0.15, 0.2) is 5.58 Å². The van der Waals surface area contributed by atoms with Crippen LogP contribution in [0.1, 0.15) is 5.56 Å². The van der Waals surface area contributed by atoms with Crippen LogP contribution < -0.4 is 5.73 Å². The molecule has 1 heterocycles. The van der Waals surface area contributed by atoms with Crippen LogP contribution in [-0.2, 0) is 0 Å². The van der Waals surface area contributed by atoms with Gasteiger partial charge in [-0.2, -0.15) is 0 Å². The summed E-state index contributed by atoms with van der Waals surface area (Å²) in [5, 5.41) is 0. The molecule has 0 atom stereocenters. The van der Waals surface area contributed by atoms with Crippen molar-refractivity contribution >= 4 is 48.6 Å². The van der Waals surface area contributed by atoms with E-state index in [1.54, 1.807) is 0 Å². The molecule has 0 radical (unpaired) electrons. The van der Waals surface area contributed by atoms with Crippen molar-refractivity contribution < 1.29 is 4.42 Å². The fourth-order valence-corrected chi connectivity index (χ4v) is 3.09. The third-order valence-corrected chi connectivity index (χ3v) is 4.32. The van der Waals surface area contributed by atoms with E-state index in [2.05, 4.69) is 36.8 Å². The lowest BCUT2D eigenvalue weighted by Gasteiger charge is -2.00. The Morgan fingerprint density at radius 1 is 1.21 bits per heavy atom. The third kappa shape index (κ3) is 2.17. The molecule has 0 aliphatic carbocycles. The number of benzene rings is 2. The van der Waals surface area contributed by atoms with E-state index in [1.807, 2.05) is 37.3 Å². The van der Waals surface area contributed by atoms with E-state index < -0.39 is 0 Å². The van der Waals surface area contributed by atoms with Crippen LogP contribution in [0.25, 0.3) is 22.6 Å². The van der Waals surface area contributed by atoms with Crippen LogP contribution in [0.4, 0.5) is 5.69 Å². The second-order valence-corrected chi connectivity index (χ2v) is 5.97. The van der Waals surface area contributed by atoms with Gasteiger partial charge in [-0.3, -0.25) is 0 Å². The van der Waals surface area contributed by atoms with E-state index >= 15 is 0 Å². The maximum atomic E-state index is 5.94. The summed E-state index contributed by atoms with van der Waals surface area (Å²) < 4.78 is 7.34. The zero-order valence-electron chi connectivity index (χ0n) is 10.1. The summed E-state index contributed by atoms with van der Waals surface area (Å²) in [6.45, 7) is 2.04. The SMILES string of the molecule is Cc1cccc(-c2nc3cc(Br)c(N)c(Br)c3o2)c1. The second kappa shape index (κ2) is 4.65. The molecular weight excluding hydrogens is 372 g/mol. The first-order valence-corrected chi connectivity index (χ1v) is 7.26. The van der Waals surface area contributed by atoms with Crippen LogP contribution in [0.2, 0.25) is 0 Å². The minimum Gasteiger partial charge on any atom is -0.435 e. The smallest absolute Gasteiger partial charge is 0.227 e. The Hall–Kier alpha value is -1.33. The molecule has 3 aromatic rings. The van der Waals surface area contributed by atoms with E-state index in [0.29, 0.717) is 17.2 Å². The molecule has 0 spiro atoms. The molecule has 0 saturated carbocycles. The number of nitrogens with two attached hydrogens (primary N) is 1. The highest BCUT2D eigenvalue weighted by molar-refractivity contribution is 9.11. The van der Waals surface area contributed by atoms with Gasteiger partial charge in [-0.15, -0.1) is 0 Å². The van der Waals surface area contributed by atoms with Crippen LogP contribution in [0, 0.1) is 6.92 Å². The van der Waals surface area contributed by atoms with Gasteiger partial charge in [0.25, 0.3) is 0 Å². The molecule has 0 amide bonds. The largest absolute Gasteiger partial charge is 0.435 e. The summed E-state index contributed by atoms with van der Waals surface area (Å²) in [7, 11) is 0. The number of fused-ring (bicyclic) bond motifs is 1. The molecule has 5 heteroatoms. The Bertz CT molecular complexity index is 780. The zero-order valence-corrected chi connectivity index (χ0v) is 13.2. The van der Waals surface area contributed by atoms with Crippen LogP contribution in [0.5, 0.6) is 0 Å². The minimum atomic E-state index is 0.594. The van der Waals surface area contributed by atoms with E-state index in [-0.39, 0.29) is 0 Å². The molecule has 96 valence electrons. The van der Waals surface area contributed by atoms with Gasteiger partial charge in [-0.05, 0) is 57.0 Å². The van der Waals surface area contributed by atoms with Crippen molar-refractivity contribution in [2.75, 3.05) is 5.73 Å². The van der Waals surface area contributed by atoms with Crippen molar-refractivity contribution in [3.05, 3.63) is 44.8 Å². The van der Waals surface area contributed by atoms with Gasteiger partial charge in [0.1, 0.15) is 5.52 Å². The van der Waals surface area contributed by atoms with Gasteiger partial charge in [-0.1, -0.05) is 17.7 Å². The maximum absolute atomic E-state index is 5.94. The van der Waals surface area contributed by atoms with Crippen LogP contribution in [0.3, 0.4) is 0 Å². The molecule has 0 saturated heterocycles. The zero-order chi connectivity index (χ0) is 13.6. The number of hydrogen-bond acceptors (Lipinski definition) is 3. The molecule has 2 aromatic carbocycles. The average Bonchev–Trinajstić information content (AvgIpc) is 2.80. The highest BCUT2D eigenvalue weighted by atomic mass is 79.9. The number of nitrogen functional groups attached to an aromatic ring is 1. The van der Waals surface area contributed by atoms with Gasteiger partial charge >= 0.3 is 0 Å². The molecule has 1 aromatic heterocycles. The van der Waals surface area contributed by atoms with Gasteiger partial charge in [-0.25, -0.2) is 4.98 Å². The van der Waals surface area contributed by atoms with E-state index in [1.165, 1.54) is 5.56 Å². The number of rotatable bonds is 1. The molecule has 0 fully saturated rings. The standard InChI is InChI=1S/C14H10Br2N2O/c1-7-3-2-4-8(5-7)14-18-10-6-9(15)12(17)11(16)13(10)19-14/h2-6H,17H2,1H3. The quantitative estimate of drug-likeness (QED) is 0.609. The molecule has 19 heavy (non-hydrogen) atoms. The first-order valence-electron chi connectivity index (χ1n) is 5.67. The van der Waals surface area contributed by atoms with E-state index in [4.69, 9.17) is 10.2 Å². The molecule has 3 rings (SSSR count). The predicted octanol–water partition coefficient (Wildman–Crippen LogP) is 4.91. The van der Waals surface area contributed by atoms with Crippen molar-refractivity contribution in [2.45, 2.75) is 6.92 Å². The Morgan fingerprint density at radius 3 is 2.74 bits per heavy atom.